The molecule has 4 aliphatic rings. The Labute approximate surface area is 181 Å². The maximum atomic E-state index is 10.3. The highest BCUT2D eigenvalue weighted by Gasteiger charge is 2.55. The predicted octanol–water partition coefficient (Wildman–Crippen LogP) is 7.78. The van der Waals surface area contributed by atoms with Crippen LogP contribution in [0.5, 0.6) is 0 Å². The molecule has 0 aromatic heterocycles. The lowest BCUT2D eigenvalue weighted by Crippen LogP contribution is -2.48. The summed E-state index contributed by atoms with van der Waals surface area (Å²) < 4.78 is 0. The van der Waals surface area contributed by atoms with Crippen LogP contribution in [-0.2, 0) is 0 Å². The van der Waals surface area contributed by atoms with Crippen molar-refractivity contribution in [3.63, 3.8) is 0 Å². The molecule has 29 heavy (non-hydrogen) atoms. The van der Waals surface area contributed by atoms with E-state index in [4.69, 9.17) is 0 Å². The second-order valence-electron chi connectivity index (χ2n) is 12.6. The highest BCUT2D eigenvalue weighted by molar-refractivity contribution is 5.34. The summed E-state index contributed by atoms with van der Waals surface area (Å²) in [6.07, 6.45) is 14.5. The molecule has 0 heterocycles. The smallest absolute Gasteiger partial charge is 0.0543 e. The minimum Gasteiger partial charge on any atom is -0.393 e. The predicted molar refractivity (Wildman–Crippen MR) is 124 cm³/mol. The molecule has 3 fully saturated rings. The SMILES string of the molecule is CC(C)[C@@H](C)CC[C@@H](C)[C@H]1CCC2=C3CCC4C[C@@H](O)CC[C@]4(C)[C@H]3CC[C@@]21C. The third-order valence-electron chi connectivity index (χ3n) is 10.9. The van der Waals surface area contributed by atoms with E-state index in [0.717, 1.165) is 48.3 Å². The van der Waals surface area contributed by atoms with Gasteiger partial charge in [0, 0.05) is 0 Å². The van der Waals surface area contributed by atoms with Crippen LogP contribution in [0.4, 0.5) is 0 Å². The van der Waals surface area contributed by atoms with Crippen LogP contribution in [0, 0.1) is 46.3 Å². The Hall–Kier alpha value is -0.300. The summed E-state index contributed by atoms with van der Waals surface area (Å²) in [4.78, 5) is 0. The largest absolute Gasteiger partial charge is 0.393 e. The number of aliphatic hydroxyl groups is 1. The first-order valence-electron chi connectivity index (χ1n) is 13.1. The fraction of sp³-hybridized carbons (Fsp3) is 0.929. The molecule has 1 nitrogen and oxygen atoms in total. The van der Waals surface area contributed by atoms with Gasteiger partial charge in [0.15, 0.2) is 0 Å². The summed E-state index contributed by atoms with van der Waals surface area (Å²) in [5.41, 5.74) is 4.80. The summed E-state index contributed by atoms with van der Waals surface area (Å²) in [7, 11) is 0. The van der Waals surface area contributed by atoms with Crippen LogP contribution in [0.3, 0.4) is 0 Å². The van der Waals surface area contributed by atoms with Crippen molar-refractivity contribution in [2.75, 3.05) is 0 Å². The normalized spacial score (nSPS) is 44.3. The lowest BCUT2D eigenvalue weighted by molar-refractivity contribution is -0.0381. The Kier molecular flexibility index (Phi) is 6.04. The molecule has 3 saturated carbocycles. The molecular weight excluding hydrogens is 352 g/mol. The monoisotopic (exact) mass is 400 g/mol. The molecule has 0 amide bonds. The summed E-state index contributed by atoms with van der Waals surface area (Å²) >= 11 is 0. The molecule has 4 aliphatic carbocycles. The van der Waals surface area contributed by atoms with Crippen molar-refractivity contribution in [2.45, 2.75) is 118 Å². The number of allylic oxidation sites excluding steroid dienone is 2. The van der Waals surface area contributed by atoms with Crippen molar-refractivity contribution >= 4 is 0 Å². The van der Waals surface area contributed by atoms with Crippen LogP contribution in [0.1, 0.15) is 112 Å². The summed E-state index contributed by atoms with van der Waals surface area (Å²) in [6.45, 7) is 15.0. The van der Waals surface area contributed by atoms with Crippen LogP contribution in [0.25, 0.3) is 0 Å². The van der Waals surface area contributed by atoms with Crippen molar-refractivity contribution < 1.29 is 5.11 Å². The van der Waals surface area contributed by atoms with Gasteiger partial charge in [0.25, 0.3) is 0 Å². The van der Waals surface area contributed by atoms with E-state index in [1.165, 1.54) is 57.8 Å². The first-order valence-corrected chi connectivity index (χ1v) is 13.1. The first-order chi connectivity index (χ1) is 13.7. The van der Waals surface area contributed by atoms with Gasteiger partial charge < -0.3 is 5.11 Å². The molecule has 4 rings (SSSR count). The fourth-order valence-corrected chi connectivity index (χ4v) is 8.48. The van der Waals surface area contributed by atoms with E-state index in [1.807, 2.05) is 11.1 Å². The molecule has 1 N–H and O–H groups in total. The van der Waals surface area contributed by atoms with Crippen molar-refractivity contribution in [2.24, 2.45) is 46.3 Å². The second-order valence-corrected chi connectivity index (χ2v) is 12.6. The zero-order valence-electron chi connectivity index (χ0n) is 20.3. The molecule has 8 atom stereocenters. The van der Waals surface area contributed by atoms with Crippen LogP contribution >= 0.6 is 0 Å². The molecule has 1 unspecified atom stereocenters. The second kappa shape index (κ2) is 7.99. The minimum absolute atomic E-state index is 0.0268. The van der Waals surface area contributed by atoms with E-state index in [1.54, 1.807) is 0 Å². The Morgan fingerprint density at radius 3 is 2.41 bits per heavy atom. The van der Waals surface area contributed by atoms with Gasteiger partial charge in [0.2, 0.25) is 0 Å². The number of aliphatic hydroxyl groups excluding tert-OH is 1. The molecular formula is C28H48O. The van der Waals surface area contributed by atoms with E-state index < -0.39 is 0 Å². The molecule has 0 spiro atoms. The summed E-state index contributed by atoms with van der Waals surface area (Å²) in [6, 6.07) is 0. The van der Waals surface area contributed by atoms with Crippen molar-refractivity contribution in [1.29, 1.82) is 0 Å². The average molecular weight is 401 g/mol. The van der Waals surface area contributed by atoms with Crippen molar-refractivity contribution in [3.05, 3.63) is 11.1 Å². The van der Waals surface area contributed by atoms with Gasteiger partial charge in [0.05, 0.1) is 6.10 Å². The maximum absolute atomic E-state index is 10.3. The summed E-state index contributed by atoms with van der Waals surface area (Å²) in [5.74, 6) is 5.04. The molecule has 0 bridgehead atoms. The van der Waals surface area contributed by atoms with E-state index in [0.29, 0.717) is 10.8 Å². The molecule has 0 radical (unpaired) electrons. The van der Waals surface area contributed by atoms with Gasteiger partial charge in [-0.3, -0.25) is 0 Å². The van der Waals surface area contributed by atoms with Gasteiger partial charge >= 0.3 is 0 Å². The van der Waals surface area contributed by atoms with E-state index in [9.17, 15) is 5.11 Å². The molecule has 0 aromatic rings. The minimum atomic E-state index is -0.0268. The van der Waals surface area contributed by atoms with Gasteiger partial charge in [-0.15, -0.1) is 0 Å². The zero-order valence-corrected chi connectivity index (χ0v) is 20.3. The highest BCUT2D eigenvalue weighted by Crippen LogP contribution is 2.65. The van der Waals surface area contributed by atoms with Crippen molar-refractivity contribution in [3.8, 4) is 0 Å². The van der Waals surface area contributed by atoms with Gasteiger partial charge in [0.1, 0.15) is 0 Å². The third kappa shape index (κ3) is 3.66. The lowest BCUT2D eigenvalue weighted by atomic mass is 9.49. The number of fused-ring (bicyclic) bond motifs is 4. The summed E-state index contributed by atoms with van der Waals surface area (Å²) in [5, 5.41) is 10.3. The average Bonchev–Trinajstić information content (AvgIpc) is 3.03. The van der Waals surface area contributed by atoms with Crippen LogP contribution in [0.15, 0.2) is 11.1 Å². The van der Waals surface area contributed by atoms with Gasteiger partial charge in [-0.2, -0.15) is 0 Å². The Morgan fingerprint density at radius 1 is 0.931 bits per heavy atom. The van der Waals surface area contributed by atoms with Crippen LogP contribution < -0.4 is 0 Å². The topological polar surface area (TPSA) is 20.2 Å². The number of hydrogen-bond acceptors (Lipinski definition) is 1. The highest BCUT2D eigenvalue weighted by atomic mass is 16.3. The Morgan fingerprint density at radius 2 is 1.69 bits per heavy atom. The van der Waals surface area contributed by atoms with E-state index >= 15 is 0 Å². The molecule has 166 valence electrons. The standard InChI is InChI=1S/C28H48O/c1-18(2)19(3)7-8-20(4)24-11-12-25-23-10-9-21-17-22(29)13-15-27(21,5)26(23)14-16-28(24,25)6/h18-22,24,26,29H,7-17H2,1-6H3/t19-,20+,21?,22-,24+,26-,27-,28+/m0/s1. The Balaban J connectivity index is 1.53. The molecule has 0 saturated heterocycles. The van der Waals surface area contributed by atoms with Gasteiger partial charge in [-0.05, 0) is 104 Å². The van der Waals surface area contributed by atoms with Gasteiger partial charge in [-0.25, -0.2) is 0 Å². The Bertz CT molecular complexity index is 632. The molecule has 0 aromatic carbocycles. The fourth-order valence-electron chi connectivity index (χ4n) is 8.48. The number of hydrogen-bond donors (Lipinski definition) is 1. The first kappa shape index (κ1) is 21.9. The van der Waals surface area contributed by atoms with Crippen LogP contribution in [0.2, 0.25) is 0 Å². The molecule has 0 aliphatic heterocycles. The van der Waals surface area contributed by atoms with Crippen LogP contribution in [-0.4, -0.2) is 11.2 Å². The van der Waals surface area contributed by atoms with Gasteiger partial charge in [-0.1, -0.05) is 65.5 Å². The van der Waals surface area contributed by atoms with Crippen molar-refractivity contribution in [1.82, 2.24) is 0 Å². The quantitative estimate of drug-likeness (QED) is 0.467. The number of rotatable bonds is 5. The lowest BCUT2D eigenvalue weighted by Gasteiger charge is -2.56. The van der Waals surface area contributed by atoms with E-state index in [2.05, 4.69) is 41.5 Å². The maximum Gasteiger partial charge on any atom is 0.0543 e. The molecule has 1 heteroatoms. The zero-order chi connectivity index (χ0) is 21.0. The third-order valence-corrected chi connectivity index (χ3v) is 10.9. The van der Waals surface area contributed by atoms with E-state index in [-0.39, 0.29) is 6.10 Å².